The second kappa shape index (κ2) is 16.1. The Balaban J connectivity index is 0.789. The highest BCUT2D eigenvalue weighted by Crippen LogP contribution is 2.40. The van der Waals surface area contributed by atoms with Crippen LogP contribution in [0, 0.1) is 0 Å². The Kier molecular flexibility index (Phi) is 9.53. The molecule has 1 aromatic heterocycles. The second-order valence-electron chi connectivity index (χ2n) is 15.6. The van der Waals surface area contributed by atoms with Crippen molar-refractivity contribution in [2.75, 3.05) is 4.90 Å². The van der Waals surface area contributed by atoms with Crippen LogP contribution in [0.25, 0.3) is 83.4 Å². The molecule has 0 aliphatic rings. The molecule has 0 spiro atoms. The Morgan fingerprint density at radius 3 is 1.26 bits per heavy atom. The molecule has 0 saturated heterocycles. The fraction of sp³-hybridized carbons (Fsp3) is 0. The lowest BCUT2D eigenvalue weighted by atomic mass is 9.96. The highest BCUT2D eigenvalue weighted by Gasteiger charge is 2.16. The minimum Gasteiger partial charge on any atom is -0.310 e. The summed E-state index contributed by atoms with van der Waals surface area (Å²) in [6.45, 7) is 0. The van der Waals surface area contributed by atoms with Crippen LogP contribution in [0.5, 0.6) is 0 Å². The lowest BCUT2D eigenvalue weighted by molar-refractivity contribution is 1.10. The molecule has 3 heteroatoms. The summed E-state index contributed by atoms with van der Waals surface area (Å²) in [5.41, 5.74) is 17.2. The van der Waals surface area contributed by atoms with Gasteiger partial charge in [0.15, 0.2) is 0 Å². The fourth-order valence-electron chi connectivity index (χ4n) is 8.65. The van der Waals surface area contributed by atoms with E-state index in [1.54, 1.807) is 0 Å². The molecule has 0 amide bonds. The first-order valence-corrected chi connectivity index (χ1v) is 21.1. The number of para-hydroxylation sites is 4. The molecule has 10 aromatic carbocycles. The number of benzene rings is 10. The number of imidazole rings is 1. The lowest BCUT2D eigenvalue weighted by Gasteiger charge is -2.27. The van der Waals surface area contributed by atoms with Crippen LogP contribution in [0.3, 0.4) is 0 Å². The van der Waals surface area contributed by atoms with Gasteiger partial charge < -0.3 is 4.90 Å². The summed E-state index contributed by atoms with van der Waals surface area (Å²) in [5.74, 6) is 0.938. The van der Waals surface area contributed by atoms with Crippen LogP contribution >= 0.6 is 0 Å². The predicted molar refractivity (Wildman–Crippen MR) is 260 cm³/mol. The highest BCUT2D eigenvalue weighted by atomic mass is 15.1. The molecule has 0 aliphatic heterocycles. The molecule has 0 unspecified atom stereocenters. The van der Waals surface area contributed by atoms with E-state index in [1.165, 1.54) is 55.3 Å². The van der Waals surface area contributed by atoms with Crippen molar-refractivity contribution in [1.29, 1.82) is 0 Å². The van der Waals surface area contributed by atoms with E-state index < -0.39 is 0 Å². The van der Waals surface area contributed by atoms with E-state index in [0.29, 0.717) is 0 Å². The monoisotopic (exact) mass is 791 g/mol. The summed E-state index contributed by atoms with van der Waals surface area (Å²) >= 11 is 0. The van der Waals surface area contributed by atoms with Crippen LogP contribution in [-0.4, -0.2) is 9.55 Å². The largest absolute Gasteiger partial charge is 0.310 e. The van der Waals surface area contributed by atoms with E-state index in [4.69, 9.17) is 4.98 Å². The van der Waals surface area contributed by atoms with Crippen molar-refractivity contribution >= 4 is 38.9 Å². The van der Waals surface area contributed by atoms with Crippen molar-refractivity contribution in [3.63, 3.8) is 0 Å². The van der Waals surface area contributed by atoms with Gasteiger partial charge in [-0.15, -0.1) is 0 Å². The average Bonchev–Trinajstić information content (AvgIpc) is 3.75. The van der Waals surface area contributed by atoms with Gasteiger partial charge in [0.1, 0.15) is 5.82 Å². The average molecular weight is 792 g/mol. The molecule has 0 radical (unpaired) electrons. The standard InChI is InChI=1S/C59H41N3/c1-3-14-52(15-4-1)61(57-21-11-13-50-12-7-8-18-55(50)57)54-40-38-49(39-41-54)47-32-30-45(31-33-47)43-24-22-42(23-25-43)44-26-28-46(29-27-44)48-34-36-51(37-35-48)59-60-56-19-9-10-20-58(56)62(59)53-16-5-2-6-17-53/h1-41H. The fourth-order valence-corrected chi connectivity index (χ4v) is 8.65. The summed E-state index contributed by atoms with van der Waals surface area (Å²) in [5, 5.41) is 2.45. The molecule has 0 saturated carbocycles. The zero-order chi connectivity index (χ0) is 41.2. The molecule has 11 aromatic rings. The molecule has 0 N–H and O–H groups in total. The van der Waals surface area contributed by atoms with Gasteiger partial charge in [0.2, 0.25) is 0 Å². The van der Waals surface area contributed by atoms with Crippen LogP contribution in [0.1, 0.15) is 0 Å². The molecule has 0 fully saturated rings. The molecule has 11 rings (SSSR count). The zero-order valence-electron chi connectivity index (χ0n) is 34.0. The van der Waals surface area contributed by atoms with E-state index in [1.807, 2.05) is 12.1 Å². The molecular weight excluding hydrogens is 751 g/mol. The van der Waals surface area contributed by atoms with Crippen molar-refractivity contribution in [2.24, 2.45) is 0 Å². The van der Waals surface area contributed by atoms with E-state index in [2.05, 4.69) is 246 Å². The molecule has 3 nitrogen and oxygen atoms in total. The van der Waals surface area contributed by atoms with Crippen LogP contribution in [0.2, 0.25) is 0 Å². The number of hydrogen-bond acceptors (Lipinski definition) is 2. The number of aromatic nitrogens is 2. The van der Waals surface area contributed by atoms with Gasteiger partial charge in [0.05, 0.1) is 16.7 Å². The summed E-state index contributed by atoms with van der Waals surface area (Å²) in [7, 11) is 0. The van der Waals surface area contributed by atoms with Gasteiger partial charge in [-0.25, -0.2) is 4.98 Å². The quantitative estimate of drug-likeness (QED) is 0.145. The molecule has 0 bridgehead atoms. The number of fused-ring (bicyclic) bond motifs is 2. The Morgan fingerprint density at radius 1 is 0.306 bits per heavy atom. The molecule has 0 atom stereocenters. The number of anilines is 3. The number of nitrogens with zero attached hydrogens (tertiary/aromatic N) is 3. The van der Waals surface area contributed by atoms with Crippen LogP contribution < -0.4 is 4.90 Å². The first-order chi connectivity index (χ1) is 30.7. The smallest absolute Gasteiger partial charge is 0.145 e. The van der Waals surface area contributed by atoms with Gasteiger partial charge in [-0.2, -0.15) is 0 Å². The van der Waals surface area contributed by atoms with Gasteiger partial charge in [-0.1, -0.05) is 194 Å². The predicted octanol–water partition coefficient (Wildman–Crippen LogP) is 16.0. The summed E-state index contributed by atoms with van der Waals surface area (Å²) < 4.78 is 2.24. The van der Waals surface area contributed by atoms with Gasteiger partial charge in [-0.3, -0.25) is 4.57 Å². The molecular formula is C59H41N3. The minimum atomic E-state index is 0.938. The van der Waals surface area contributed by atoms with Gasteiger partial charge >= 0.3 is 0 Å². The second-order valence-corrected chi connectivity index (χ2v) is 15.6. The molecule has 1 heterocycles. The van der Waals surface area contributed by atoms with Gasteiger partial charge in [0, 0.05) is 28.0 Å². The molecule has 292 valence electrons. The Bertz CT molecular complexity index is 3270. The summed E-state index contributed by atoms with van der Waals surface area (Å²) in [4.78, 5) is 7.39. The van der Waals surface area contributed by atoms with Crippen molar-refractivity contribution in [3.8, 4) is 61.6 Å². The Hall–Kier alpha value is -8.27. The number of rotatable bonds is 9. The Labute approximate surface area is 362 Å². The summed E-state index contributed by atoms with van der Waals surface area (Å²) in [6, 6.07) is 88.8. The van der Waals surface area contributed by atoms with E-state index >= 15 is 0 Å². The van der Waals surface area contributed by atoms with Gasteiger partial charge in [-0.05, 0) is 104 Å². The topological polar surface area (TPSA) is 21.1 Å². The van der Waals surface area contributed by atoms with Crippen molar-refractivity contribution in [3.05, 3.63) is 249 Å². The number of hydrogen-bond donors (Lipinski definition) is 0. The van der Waals surface area contributed by atoms with Crippen LogP contribution in [-0.2, 0) is 0 Å². The normalized spacial score (nSPS) is 11.2. The maximum Gasteiger partial charge on any atom is 0.145 e. The third-order valence-corrected chi connectivity index (χ3v) is 11.9. The third-order valence-electron chi connectivity index (χ3n) is 11.9. The minimum absolute atomic E-state index is 0.938. The van der Waals surface area contributed by atoms with Gasteiger partial charge in [0.25, 0.3) is 0 Å². The maximum atomic E-state index is 5.04. The first kappa shape index (κ1) is 36.8. The first-order valence-electron chi connectivity index (χ1n) is 21.1. The van der Waals surface area contributed by atoms with E-state index in [9.17, 15) is 0 Å². The van der Waals surface area contributed by atoms with Crippen LogP contribution in [0.4, 0.5) is 17.1 Å². The SMILES string of the molecule is c1ccc(N(c2ccc(-c3ccc(-c4ccc(-c5ccc(-c6ccc(-c7nc8ccccc8n7-c7ccccc7)cc6)cc5)cc4)cc3)cc2)c2cccc3ccccc23)cc1. The van der Waals surface area contributed by atoms with E-state index in [-0.39, 0.29) is 0 Å². The molecule has 62 heavy (non-hydrogen) atoms. The van der Waals surface area contributed by atoms with Crippen molar-refractivity contribution in [1.82, 2.24) is 9.55 Å². The maximum absolute atomic E-state index is 5.04. The highest BCUT2D eigenvalue weighted by molar-refractivity contribution is 5.99. The van der Waals surface area contributed by atoms with Crippen molar-refractivity contribution < 1.29 is 0 Å². The van der Waals surface area contributed by atoms with Crippen LogP contribution in [0.15, 0.2) is 249 Å². The third kappa shape index (κ3) is 7.02. The Morgan fingerprint density at radius 2 is 0.710 bits per heavy atom. The molecule has 0 aliphatic carbocycles. The van der Waals surface area contributed by atoms with Crippen molar-refractivity contribution in [2.45, 2.75) is 0 Å². The zero-order valence-corrected chi connectivity index (χ0v) is 34.0. The summed E-state index contributed by atoms with van der Waals surface area (Å²) in [6.07, 6.45) is 0. The lowest BCUT2D eigenvalue weighted by Crippen LogP contribution is -2.10. The van der Waals surface area contributed by atoms with E-state index in [0.717, 1.165) is 45.2 Å².